The highest BCUT2D eigenvalue weighted by molar-refractivity contribution is 9.10. The van der Waals surface area contributed by atoms with E-state index < -0.39 is 29.7 Å². The number of carboxylic acids is 2. The Balaban J connectivity index is 1.85. The van der Waals surface area contributed by atoms with Crippen LogP contribution in [-0.4, -0.2) is 17.8 Å². The lowest BCUT2D eigenvalue weighted by Crippen LogP contribution is -2.42. The van der Waals surface area contributed by atoms with Crippen molar-refractivity contribution in [2.24, 2.45) is 23.7 Å². The molecule has 1 aromatic rings. The first kappa shape index (κ1) is 15.7. The average Bonchev–Trinajstić information content (AvgIpc) is 3.09. The van der Waals surface area contributed by atoms with Gasteiger partial charge in [-0.3, -0.25) is 4.79 Å². The Morgan fingerprint density at radius 2 is 1.74 bits per heavy atom. The van der Waals surface area contributed by atoms with Crippen molar-refractivity contribution in [3.05, 3.63) is 40.4 Å². The summed E-state index contributed by atoms with van der Waals surface area (Å²) >= 11 is 3.23. The average molecular weight is 378 g/mol. The zero-order chi connectivity index (χ0) is 16.7. The number of fused-ring (bicyclic) bond motifs is 2. The second kappa shape index (κ2) is 5.81. The van der Waals surface area contributed by atoms with Crippen LogP contribution in [0.1, 0.15) is 16.8 Å². The molecular weight excluding hydrogens is 366 g/mol. The normalized spacial score (nSPS) is 27.9. The predicted octanol–water partition coefficient (Wildman–Crippen LogP) is -0.0607. The van der Waals surface area contributed by atoms with Crippen molar-refractivity contribution < 1.29 is 24.6 Å². The molecule has 1 fully saturated rings. The lowest BCUT2D eigenvalue weighted by Gasteiger charge is -2.28. The molecule has 1 N–H and O–H groups in total. The third-order valence-corrected chi connectivity index (χ3v) is 5.19. The number of anilines is 1. The van der Waals surface area contributed by atoms with E-state index in [1.54, 1.807) is 0 Å². The Morgan fingerprint density at radius 3 is 2.35 bits per heavy atom. The predicted molar refractivity (Wildman–Crippen MR) is 79.8 cm³/mol. The van der Waals surface area contributed by atoms with Crippen molar-refractivity contribution >= 4 is 39.5 Å². The second-order valence-corrected chi connectivity index (χ2v) is 6.64. The number of rotatable bonds is 4. The van der Waals surface area contributed by atoms with Crippen LogP contribution < -0.4 is 15.5 Å². The molecule has 1 amide bonds. The molecular formula is C16H12BrNO5-2. The third-order valence-electron chi connectivity index (χ3n) is 4.49. The number of hydrogen-bond donors (Lipinski definition) is 1. The first-order valence-electron chi connectivity index (χ1n) is 7.09. The molecule has 1 aromatic carbocycles. The minimum absolute atomic E-state index is 0.0761. The molecule has 120 valence electrons. The van der Waals surface area contributed by atoms with E-state index in [0.29, 0.717) is 10.9 Å². The molecule has 0 heterocycles. The maximum absolute atomic E-state index is 12.5. The lowest BCUT2D eigenvalue weighted by molar-refractivity contribution is -0.313. The van der Waals surface area contributed by atoms with Crippen molar-refractivity contribution in [3.8, 4) is 0 Å². The van der Waals surface area contributed by atoms with E-state index in [4.69, 9.17) is 0 Å². The fourth-order valence-corrected chi connectivity index (χ4v) is 3.81. The number of carbonyl (C=O) groups is 3. The Bertz CT molecular complexity index is 729. The van der Waals surface area contributed by atoms with Crippen molar-refractivity contribution in [1.29, 1.82) is 0 Å². The van der Waals surface area contributed by atoms with Gasteiger partial charge in [0.2, 0.25) is 5.91 Å². The van der Waals surface area contributed by atoms with Gasteiger partial charge in [-0.05, 0) is 51.9 Å². The SMILES string of the molecule is O=C([O-])c1ccc(Br)c(NC(=O)[C@H]2[C@H](C(=O)[O-])[C@@H]3C=C[C@H]2C3)c1. The highest BCUT2D eigenvalue weighted by Crippen LogP contribution is 2.48. The van der Waals surface area contributed by atoms with Crippen molar-refractivity contribution in [2.45, 2.75) is 6.42 Å². The molecule has 2 aliphatic rings. The number of hydrogen-bond acceptors (Lipinski definition) is 5. The number of nitrogens with one attached hydrogen (secondary N) is 1. The van der Waals surface area contributed by atoms with Crippen LogP contribution in [-0.2, 0) is 9.59 Å². The van der Waals surface area contributed by atoms with Crippen LogP contribution >= 0.6 is 15.9 Å². The van der Waals surface area contributed by atoms with Crippen LogP contribution in [0, 0.1) is 23.7 Å². The third kappa shape index (κ3) is 2.76. The van der Waals surface area contributed by atoms with Gasteiger partial charge in [0.1, 0.15) is 0 Å². The smallest absolute Gasteiger partial charge is 0.228 e. The lowest BCUT2D eigenvalue weighted by atomic mass is 9.82. The van der Waals surface area contributed by atoms with Gasteiger partial charge in [0.25, 0.3) is 0 Å². The largest absolute Gasteiger partial charge is 0.550 e. The molecule has 3 rings (SSSR count). The summed E-state index contributed by atoms with van der Waals surface area (Å²) < 4.78 is 0.500. The van der Waals surface area contributed by atoms with Gasteiger partial charge >= 0.3 is 0 Å². The van der Waals surface area contributed by atoms with Crippen LogP contribution in [0.25, 0.3) is 0 Å². The van der Waals surface area contributed by atoms with Gasteiger partial charge in [-0.2, -0.15) is 0 Å². The topological polar surface area (TPSA) is 109 Å². The molecule has 1 saturated carbocycles. The Morgan fingerprint density at radius 1 is 1.09 bits per heavy atom. The maximum Gasteiger partial charge on any atom is 0.228 e. The first-order valence-corrected chi connectivity index (χ1v) is 7.88. The van der Waals surface area contributed by atoms with Crippen molar-refractivity contribution in [1.82, 2.24) is 0 Å². The summed E-state index contributed by atoms with van der Waals surface area (Å²) in [5.41, 5.74) is 0.188. The number of halogens is 1. The van der Waals surface area contributed by atoms with Crippen LogP contribution in [0.3, 0.4) is 0 Å². The van der Waals surface area contributed by atoms with E-state index in [1.807, 2.05) is 12.2 Å². The summed E-state index contributed by atoms with van der Waals surface area (Å²) in [6, 6.07) is 4.10. The highest BCUT2D eigenvalue weighted by Gasteiger charge is 2.48. The Kier molecular flexibility index (Phi) is 3.97. The monoisotopic (exact) mass is 377 g/mol. The molecule has 2 aliphatic carbocycles. The molecule has 2 bridgehead atoms. The summed E-state index contributed by atoms with van der Waals surface area (Å²) in [5, 5.41) is 24.9. The Hall–Kier alpha value is -2.15. The van der Waals surface area contributed by atoms with Gasteiger partial charge in [0.15, 0.2) is 0 Å². The standard InChI is InChI=1S/C16H14BrNO5/c17-10-4-3-9(15(20)21)6-11(10)18-14(19)12-7-1-2-8(5-7)13(12)16(22)23/h1-4,6-8,12-13H,5H2,(H,18,19)(H,20,21)(H,22,23)/p-2/t7-,8+,12+,13+/m0/s1. The number of aliphatic carboxylic acids is 1. The molecule has 6 nitrogen and oxygen atoms in total. The van der Waals surface area contributed by atoms with Gasteiger partial charge in [0, 0.05) is 16.4 Å². The highest BCUT2D eigenvalue weighted by atomic mass is 79.9. The molecule has 7 heteroatoms. The fraction of sp³-hybridized carbons (Fsp3) is 0.312. The van der Waals surface area contributed by atoms with Crippen molar-refractivity contribution in [3.63, 3.8) is 0 Å². The fourth-order valence-electron chi connectivity index (χ4n) is 3.47. The van der Waals surface area contributed by atoms with Crippen molar-refractivity contribution in [2.75, 3.05) is 5.32 Å². The van der Waals surface area contributed by atoms with Gasteiger partial charge in [-0.1, -0.05) is 18.2 Å². The van der Waals surface area contributed by atoms with Crippen LogP contribution in [0.2, 0.25) is 0 Å². The van der Waals surface area contributed by atoms with Crippen LogP contribution in [0.5, 0.6) is 0 Å². The zero-order valence-electron chi connectivity index (χ0n) is 11.8. The second-order valence-electron chi connectivity index (χ2n) is 5.79. The van der Waals surface area contributed by atoms with Gasteiger partial charge in [-0.25, -0.2) is 0 Å². The van der Waals surface area contributed by atoms with E-state index in [1.165, 1.54) is 18.2 Å². The molecule has 0 spiro atoms. The summed E-state index contributed by atoms with van der Waals surface area (Å²) in [7, 11) is 0. The van der Waals surface area contributed by atoms with Gasteiger partial charge < -0.3 is 25.1 Å². The first-order chi connectivity index (χ1) is 10.9. The van der Waals surface area contributed by atoms with E-state index in [-0.39, 0.29) is 23.1 Å². The minimum atomic E-state index is -1.36. The maximum atomic E-state index is 12.5. The molecule has 4 atom stereocenters. The summed E-state index contributed by atoms with van der Waals surface area (Å²) in [4.78, 5) is 34.8. The molecule has 0 aliphatic heterocycles. The van der Waals surface area contributed by atoms with E-state index >= 15 is 0 Å². The van der Waals surface area contributed by atoms with Gasteiger partial charge in [-0.15, -0.1) is 0 Å². The summed E-state index contributed by atoms with van der Waals surface area (Å²) in [6.07, 6.45) is 4.31. The number of aromatic carboxylic acids is 1. The van der Waals surface area contributed by atoms with Crippen LogP contribution in [0.4, 0.5) is 5.69 Å². The van der Waals surface area contributed by atoms with E-state index in [9.17, 15) is 24.6 Å². The number of carbonyl (C=O) groups excluding carboxylic acids is 3. The summed E-state index contributed by atoms with van der Waals surface area (Å²) in [5.74, 6) is -4.92. The minimum Gasteiger partial charge on any atom is -0.550 e. The molecule has 0 radical (unpaired) electrons. The summed E-state index contributed by atoms with van der Waals surface area (Å²) in [6.45, 7) is 0. The number of allylic oxidation sites excluding steroid dienone is 2. The number of carboxylic acid groups (broad SMARTS) is 2. The number of benzene rings is 1. The van der Waals surface area contributed by atoms with E-state index in [0.717, 1.165) is 0 Å². The number of amides is 1. The zero-order valence-corrected chi connectivity index (χ0v) is 13.4. The molecule has 0 aromatic heterocycles. The molecule has 0 saturated heterocycles. The molecule has 23 heavy (non-hydrogen) atoms. The quantitative estimate of drug-likeness (QED) is 0.739. The Labute approximate surface area is 140 Å². The van der Waals surface area contributed by atoms with Gasteiger partial charge in [0.05, 0.1) is 17.6 Å². The molecule has 0 unspecified atom stereocenters. The van der Waals surface area contributed by atoms with Crippen LogP contribution in [0.15, 0.2) is 34.8 Å². The van der Waals surface area contributed by atoms with E-state index in [2.05, 4.69) is 21.2 Å².